The number of esters is 1. The summed E-state index contributed by atoms with van der Waals surface area (Å²) in [5.41, 5.74) is 3.78. The summed E-state index contributed by atoms with van der Waals surface area (Å²) in [5, 5.41) is 11.6. The molecule has 1 N–H and O–H groups in total. The van der Waals surface area contributed by atoms with Gasteiger partial charge in [-0.3, -0.25) is 9.89 Å². The molecule has 6 nitrogen and oxygen atoms in total. The number of para-hydroxylation sites is 1. The van der Waals surface area contributed by atoms with Crippen LogP contribution in [0.2, 0.25) is 0 Å². The largest absolute Gasteiger partial charge is 0.459 e. The van der Waals surface area contributed by atoms with Gasteiger partial charge in [0.15, 0.2) is 0 Å². The number of aliphatic hydroxyl groups excluding tert-OH is 1. The Labute approximate surface area is 234 Å². The van der Waals surface area contributed by atoms with E-state index in [0.717, 1.165) is 36.1 Å². The topological polar surface area (TPSA) is 65.4 Å². The van der Waals surface area contributed by atoms with Gasteiger partial charge in [0.2, 0.25) is 6.23 Å². The van der Waals surface area contributed by atoms with Gasteiger partial charge in [-0.2, -0.15) is 0 Å². The van der Waals surface area contributed by atoms with Crippen LogP contribution in [-0.2, 0) is 9.53 Å². The van der Waals surface area contributed by atoms with E-state index in [0.29, 0.717) is 35.7 Å². The molecule has 0 bridgehead atoms. The van der Waals surface area contributed by atoms with Gasteiger partial charge in [0.1, 0.15) is 11.9 Å². The number of hydrogen-bond donors (Lipinski definition) is 1. The van der Waals surface area contributed by atoms with Crippen LogP contribution in [-0.4, -0.2) is 48.4 Å². The highest BCUT2D eigenvalue weighted by atomic mass is 16.6. The molecule has 2 aromatic rings. The van der Waals surface area contributed by atoms with Gasteiger partial charge < -0.3 is 14.7 Å². The maximum Gasteiger partial charge on any atom is 0.357 e. The molecule has 3 aliphatic rings. The van der Waals surface area contributed by atoms with Crippen LogP contribution < -0.4 is 9.80 Å². The molecule has 0 radical (unpaired) electrons. The number of ether oxygens (including phenoxy) is 1. The van der Waals surface area contributed by atoms with E-state index in [1.54, 1.807) is 11.9 Å². The zero-order chi connectivity index (χ0) is 27.7. The summed E-state index contributed by atoms with van der Waals surface area (Å²) in [5.74, 6) is 1.14. The molecule has 2 aromatic carbocycles. The SMILES string of the molecule is C/N=C(\c1ccc(N(C2CC2)C2CC2)cc1)N(c1ccccc1C)[C@H](O)C(=O)O[C@@H]1C[C@H](C)CC[C@H]1C(C)C. The second kappa shape index (κ2) is 11.7. The van der Waals surface area contributed by atoms with Crippen molar-refractivity contribution >= 4 is 23.2 Å². The van der Waals surface area contributed by atoms with Gasteiger partial charge in [0.05, 0.1) is 0 Å². The Morgan fingerprint density at radius 1 is 0.974 bits per heavy atom. The fraction of sp³-hybridized carbons (Fsp3) is 0.576. The summed E-state index contributed by atoms with van der Waals surface area (Å²) < 4.78 is 6.10. The second-order valence-corrected chi connectivity index (χ2v) is 12.3. The van der Waals surface area contributed by atoms with Crippen molar-refractivity contribution in [3.63, 3.8) is 0 Å². The van der Waals surface area contributed by atoms with Crippen molar-refractivity contribution in [1.82, 2.24) is 0 Å². The lowest BCUT2D eigenvalue weighted by Gasteiger charge is -2.38. The Bertz CT molecular complexity index is 1160. The van der Waals surface area contributed by atoms with Crippen molar-refractivity contribution in [3.8, 4) is 0 Å². The Morgan fingerprint density at radius 2 is 1.62 bits per heavy atom. The third kappa shape index (κ3) is 6.16. The van der Waals surface area contributed by atoms with Crippen LogP contribution >= 0.6 is 0 Å². The van der Waals surface area contributed by atoms with Crippen molar-refractivity contribution < 1.29 is 14.6 Å². The molecule has 0 amide bonds. The third-order valence-corrected chi connectivity index (χ3v) is 8.80. The number of amidine groups is 1. The first kappa shape index (κ1) is 27.7. The number of aryl methyl sites for hydroxylation is 1. The fourth-order valence-corrected chi connectivity index (χ4v) is 6.34. The molecular weight excluding hydrogens is 486 g/mol. The molecule has 6 heteroatoms. The summed E-state index contributed by atoms with van der Waals surface area (Å²) >= 11 is 0. The molecule has 0 heterocycles. The minimum absolute atomic E-state index is 0.188. The molecule has 210 valence electrons. The number of aliphatic hydroxyl groups is 1. The molecule has 39 heavy (non-hydrogen) atoms. The van der Waals surface area contributed by atoms with E-state index in [9.17, 15) is 9.90 Å². The Kier molecular flexibility index (Phi) is 8.32. The van der Waals surface area contributed by atoms with E-state index >= 15 is 0 Å². The van der Waals surface area contributed by atoms with Crippen LogP contribution in [0.15, 0.2) is 53.5 Å². The van der Waals surface area contributed by atoms with Crippen molar-refractivity contribution in [1.29, 1.82) is 0 Å². The lowest BCUT2D eigenvalue weighted by Crippen LogP contribution is -2.49. The number of carbonyl (C=O) groups is 1. The van der Waals surface area contributed by atoms with Gasteiger partial charge in [-0.1, -0.05) is 45.4 Å². The average Bonchev–Trinajstić information content (AvgIpc) is 3.84. The van der Waals surface area contributed by atoms with Crippen molar-refractivity contribution in [3.05, 3.63) is 59.7 Å². The third-order valence-electron chi connectivity index (χ3n) is 8.80. The normalized spacial score (nSPS) is 24.4. The first-order chi connectivity index (χ1) is 18.8. The van der Waals surface area contributed by atoms with Crippen LogP contribution in [0.1, 0.15) is 76.8 Å². The molecule has 3 aliphatic carbocycles. The fourth-order valence-electron chi connectivity index (χ4n) is 6.34. The minimum Gasteiger partial charge on any atom is -0.459 e. The highest BCUT2D eigenvalue weighted by Gasteiger charge is 2.40. The molecule has 3 saturated carbocycles. The summed E-state index contributed by atoms with van der Waals surface area (Å²) in [6.45, 7) is 8.58. The number of benzene rings is 2. The first-order valence-electron chi connectivity index (χ1n) is 14.9. The van der Waals surface area contributed by atoms with Gasteiger partial charge >= 0.3 is 5.97 Å². The molecule has 0 unspecified atom stereocenters. The Hall–Kier alpha value is -2.86. The molecule has 4 atom stereocenters. The van der Waals surface area contributed by atoms with Crippen molar-refractivity contribution in [2.45, 2.75) is 97.1 Å². The Balaban J connectivity index is 1.42. The second-order valence-electron chi connectivity index (χ2n) is 12.3. The van der Waals surface area contributed by atoms with E-state index in [1.165, 1.54) is 31.4 Å². The predicted molar refractivity (Wildman–Crippen MR) is 158 cm³/mol. The quantitative estimate of drug-likeness (QED) is 0.177. The van der Waals surface area contributed by atoms with Gasteiger partial charge in [-0.05, 0) is 99.1 Å². The van der Waals surface area contributed by atoms with Crippen LogP contribution in [0, 0.1) is 24.7 Å². The lowest BCUT2D eigenvalue weighted by molar-refractivity contribution is -0.165. The van der Waals surface area contributed by atoms with Gasteiger partial charge in [0, 0.05) is 36.1 Å². The lowest BCUT2D eigenvalue weighted by atomic mass is 9.75. The maximum absolute atomic E-state index is 13.6. The number of hydrogen-bond acceptors (Lipinski definition) is 5. The number of anilines is 2. The van der Waals surface area contributed by atoms with Crippen LogP contribution in [0.5, 0.6) is 0 Å². The number of rotatable bonds is 9. The molecule has 0 aliphatic heterocycles. The van der Waals surface area contributed by atoms with Gasteiger partial charge in [-0.15, -0.1) is 0 Å². The predicted octanol–water partition coefficient (Wildman–Crippen LogP) is 6.33. The molecule has 5 rings (SSSR count). The Morgan fingerprint density at radius 3 is 2.18 bits per heavy atom. The highest BCUT2D eigenvalue weighted by Crippen LogP contribution is 2.41. The van der Waals surface area contributed by atoms with Crippen LogP contribution in [0.25, 0.3) is 0 Å². The van der Waals surface area contributed by atoms with E-state index in [-0.39, 0.29) is 6.10 Å². The average molecular weight is 532 g/mol. The van der Waals surface area contributed by atoms with E-state index < -0.39 is 12.2 Å². The molecule has 0 spiro atoms. The molecule has 0 saturated heterocycles. The van der Waals surface area contributed by atoms with Crippen molar-refractivity contribution in [2.75, 3.05) is 16.8 Å². The molecule has 0 aromatic heterocycles. The zero-order valence-corrected chi connectivity index (χ0v) is 24.2. The highest BCUT2D eigenvalue weighted by molar-refractivity contribution is 6.12. The smallest absolute Gasteiger partial charge is 0.357 e. The summed E-state index contributed by atoms with van der Waals surface area (Å²) in [4.78, 5) is 22.4. The number of aliphatic imine (C=N–C) groups is 1. The zero-order valence-electron chi connectivity index (χ0n) is 24.2. The summed E-state index contributed by atoms with van der Waals surface area (Å²) in [7, 11) is 1.71. The monoisotopic (exact) mass is 531 g/mol. The molecule has 3 fully saturated rings. The molecular formula is C33H45N3O3. The van der Waals surface area contributed by atoms with Gasteiger partial charge in [0.25, 0.3) is 0 Å². The number of nitrogens with zero attached hydrogens (tertiary/aromatic N) is 3. The van der Waals surface area contributed by atoms with Crippen LogP contribution in [0.4, 0.5) is 11.4 Å². The number of carbonyl (C=O) groups excluding carboxylic acids is 1. The standard InChI is InChI=1S/C33H45N3O3/c1-21(2)28-19-10-22(3)20-30(28)39-33(38)32(37)36(29-9-7-6-8-23(29)4)31(34-5)24-11-13-25(14-12-24)35(26-15-16-26)27-17-18-27/h6-9,11-14,21-22,26-28,30,32,37H,10,15-20H2,1-5H3/b34-31+/t22-,28+,30-,32-/m1/s1. The van der Waals surface area contributed by atoms with E-state index in [4.69, 9.17) is 4.74 Å². The van der Waals surface area contributed by atoms with E-state index in [1.807, 2.05) is 31.2 Å². The minimum atomic E-state index is -1.51. The van der Waals surface area contributed by atoms with Crippen molar-refractivity contribution in [2.24, 2.45) is 22.7 Å². The summed E-state index contributed by atoms with van der Waals surface area (Å²) in [6, 6.07) is 17.6. The van der Waals surface area contributed by atoms with E-state index in [2.05, 4.69) is 54.9 Å². The van der Waals surface area contributed by atoms with Gasteiger partial charge in [-0.25, -0.2) is 4.79 Å². The first-order valence-corrected chi connectivity index (χ1v) is 14.9. The van der Waals surface area contributed by atoms with Crippen LogP contribution in [0.3, 0.4) is 0 Å². The summed E-state index contributed by atoms with van der Waals surface area (Å²) in [6.07, 6.45) is 6.41. The maximum atomic E-state index is 13.6.